The molecule has 2 rings (SSSR count). The fraction of sp³-hybridized carbons (Fsp3) is 0.364. The summed E-state index contributed by atoms with van der Waals surface area (Å²) in [5.74, 6) is -0.811. The Labute approximate surface area is 110 Å². The van der Waals surface area contributed by atoms with Crippen LogP contribution < -0.4 is 15.8 Å². The Morgan fingerprint density at radius 3 is 2.74 bits per heavy atom. The van der Waals surface area contributed by atoms with Gasteiger partial charge in [-0.1, -0.05) is 0 Å². The maximum Gasteiger partial charge on any atom is 0.240 e. The number of sulfonamides is 1. The van der Waals surface area contributed by atoms with Crippen molar-refractivity contribution in [3.8, 4) is 0 Å². The van der Waals surface area contributed by atoms with Crippen LogP contribution in [0.25, 0.3) is 0 Å². The Hall–Kier alpha value is -1.67. The number of carbonyl (C=O) groups is 1. The van der Waals surface area contributed by atoms with Crippen molar-refractivity contribution in [2.24, 2.45) is 0 Å². The Morgan fingerprint density at radius 1 is 1.42 bits per heavy atom. The van der Waals surface area contributed by atoms with E-state index < -0.39 is 15.8 Å². The van der Waals surface area contributed by atoms with Crippen LogP contribution in [0, 0.1) is 5.82 Å². The first kappa shape index (κ1) is 13.8. The summed E-state index contributed by atoms with van der Waals surface area (Å²) >= 11 is 0. The number of hydrogen-bond donors (Lipinski definition) is 3. The van der Waals surface area contributed by atoms with Crippen molar-refractivity contribution in [1.29, 1.82) is 0 Å². The Morgan fingerprint density at radius 2 is 2.16 bits per heavy atom. The SMILES string of the molecule is Nc1cc(F)cc(S(=O)(=O)NCC2CCC(=O)N2)c1. The Balaban J connectivity index is 2.07. The van der Waals surface area contributed by atoms with Crippen molar-refractivity contribution in [3.63, 3.8) is 0 Å². The second-order valence-electron chi connectivity index (χ2n) is 4.38. The lowest BCUT2D eigenvalue weighted by atomic mass is 10.2. The lowest BCUT2D eigenvalue weighted by Crippen LogP contribution is -2.38. The van der Waals surface area contributed by atoms with E-state index in [1.54, 1.807) is 0 Å². The average molecular weight is 287 g/mol. The van der Waals surface area contributed by atoms with Gasteiger partial charge in [0.15, 0.2) is 0 Å². The van der Waals surface area contributed by atoms with Crippen LogP contribution in [-0.2, 0) is 14.8 Å². The van der Waals surface area contributed by atoms with Gasteiger partial charge in [-0.25, -0.2) is 17.5 Å². The third-order valence-corrected chi connectivity index (χ3v) is 4.21. The molecule has 1 aliphatic heterocycles. The largest absolute Gasteiger partial charge is 0.399 e. The minimum absolute atomic E-state index is 0.0366. The van der Waals surface area contributed by atoms with Crippen molar-refractivity contribution < 1.29 is 17.6 Å². The van der Waals surface area contributed by atoms with Gasteiger partial charge >= 0.3 is 0 Å². The summed E-state index contributed by atoms with van der Waals surface area (Å²) in [5.41, 5.74) is 5.44. The van der Waals surface area contributed by atoms with Gasteiger partial charge in [-0.3, -0.25) is 4.79 Å². The maximum atomic E-state index is 13.1. The number of rotatable bonds is 4. The first-order chi connectivity index (χ1) is 8.87. The molecular formula is C11H14FN3O3S. The lowest BCUT2D eigenvalue weighted by Gasteiger charge is -2.12. The second kappa shape index (κ2) is 5.14. The molecule has 1 aromatic carbocycles. The van der Waals surface area contributed by atoms with Gasteiger partial charge in [0, 0.05) is 24.7 Å². The van der Waals surface area contributed by atoms with Crippen molar-refractivity contribution in [2.45, 2.75) is 23.8 Å². The smallest absolute Gasteiger partial charge is 0.240 e. The molecule has 0 saturated carbocycles. The number of nitrogens with one attached hydrogen (secondary N) is 2. The van der Waals surface area contributed by atoms with Crippen molar-refractivity contribution >= 4 is 21.6 Å². The molecular weight excluding hydrogens is 273 g/mol. The average Bonchev–Trinajstić information content (AvgIpc) is 2.71. The molecule has 0 aromatic heterocycles. The third-order valence-electron chi connectivity index (χ3n) is 2.81. The highest BCUT2D eigenvalue weighted by atomic mass is 32.2. The van der Waals surface area contributed by atoms with E-state index in [1.165, 1.54) is 6.07 Å². The standard InChI is InChI=1S/C11H14FN3O3S/c12-7-3-8(13)5-10(4-7)19(17,18)14-6-9-1-2-11(16)15-9/h3-5,9,14H,1-2,6,13H2,(H,15,16). The topological polar surface area (TPSA) is 101 Å². The third kappa shape index (κ3) is 3.42. The summed E-state index contributed by atoms with van der Waals surface area (Å²) in [6.45, 7) is 0.0739. The normalized spacial score (nSPS) is 19.4. The summed E-state index contributed by atoms with van der Waals surface area (Å²) < 4.78 is 39.3. The number of hydrogen-bond acceptors (Lipinski definition) is 4. The van der Waals surface area contributed by atoms with E-state index in [2.05, 4.69) is 10.0 Å². The quantitative estimate of drug-likeness (QED) is 0.677. The number of nitrogen functional groups attached to an aromatic ring is 1. The molecule has 104 valence electrons. The Kier molecular flexibility index (Phi) is 3.72. The molecule has 1 saturated heterocycles. The number of amides is 1. The summed E-state index contributed by atoms with van der Waals surface area (Å²) in [5, 5.41) is 2.64. The minimum Gasteiger partial charge on any atom is -0.399 e. The van der Waals surface area contributed by atoms with Crippen LogP contribution in [0.5, 0.6) is 0 Å². The van der Waals surface area contributed by atoms with Gasteiger partial charge in [0.25, 0.3) is 0 Å². The zero-order chi connectivity index (χ0) is 14.0. The van der Waals surface area contributed by atoms with Crippen LogP contribution in [0.15, 0.2) is 23.1 Å². The van der Waals surface area contributed by atoms with Gasteiger partial charge < -0.3 is 11.1 Å². The van der Waals surface area contributed by atoms with E-state index in [1.807, 2.05) is 0 Å². The van der Waals surface area contributed by atoms with E-state index in [9.17, 15) is 17.6 Å². The zero-order valence-electron chi connectivity index (χ0n) is 10.0. The molecule has 1 atom stereocenters. The highest BCUT2D eigenvalue weighted by molar-refractivity contribution is 7.89. The van der Waals surface area contributed by atoms with Crippen molar-refractivity contribution in [1.82, 2.24) is 10.0 Å². The maximum absolute atomic E-state index is 13.1. The predicted octanol–water partition coefficient (Wildman–Crippen LogP) is -0.0352. The fourth-order valence-corrected chi connectivity index (χ4v) is 3.01. The van der Waals surface area contributed by atoms with E-state index >= 15 is 0 Å². The summed E-state index contributed by atoms with van der Waals surface area (Å²) in [6.07, 6.45) is 0.964. The molecule has 19 heavy (non-hydrogen) atoms. The van der Waals surface area contributed by atoms with Gasteiger partial charge in [0.1, 0.15) is 5.82 Å². The van der Waals surface area contributed by atoms with Crippen LogP contribution in [0.2, 0.25) is 0 Å². The fourth-order valence-electron chi connectivity index (χ4n) is 1.86. The monoisotopic (exact) mass is 287 g/mol. The van der Waals surface area contributed by atoms with E-state index in [4.69, 9.17) is 5.73 Å². The molecule has 1 fully saturated rings. The van der Waals surface area contributed by atoms with Crippen molar-refractivity contribution in [2.75, 3.05) is 12.3 Å². The number of anilines is 1. The van der Waals surface area contributed by atoms with E-state index in [0.717, 1.165) is 12.1 Å². The molecule has 0 aliphatic carbocycles. The second-order valence-corrected chi connectivity index (χ2v) is 6.14. The van der Waals surface area contributed by atoms with Gasteiger partial charge in [-0.05, 0) is 24.6 Å². The minimum atomic E-state index is -3.83. The number of benzene rings is 1. The molecule has 4 N–H and O–H groups in total. The molecule has 8 heteroatoms. The number of halogens is 1. The summed E-state index contributed by atoms with van der Waals surface area (Å²) in [6, 6.07) is 2.88. The summed E-state index contributed by atoms with van der Waals surface area (Å²) in [4.78, 5) is 10.8. The Bertz CT molecular complexity index is 583. The van der Waals surface area contributed by atoms with Gasteiger partial charge in [-0.15, -0.1) is 0 Å². The van der Waals surface area contributed by atoms with Crippen LogP contribution in [0.1, 0.15) is 12.8 Å². The summed E-state index contributed by atoms with van der Waals surface area (Å²) in [7, 11) is -3.83. The molecule has 6 nitrogen and oxygen atoms in total. The molecule has 1 amide bonds. The first-order valence-electron chi connectivity index (χ1n) is 5.72. The van der Waals surface area contributed by atoms with Crippen LogP contribution in [-0.4, -0.2) is 26.9 Å². The number of nitrogens with two attached hydrogens (primary N) is 1. The molecule has 0 bridgehead atoms. The van der Waals surface area contributed by atoms with Gasteiger partial charge in [0.05, 0.1) is 4.90 Å². The van der Waals surface area contributed by atoms with Crippen LogP contribution in [0.4, 0.5) is 10.1 Å². The van der Waals surface area contributed by atoms with Gasteiger partial charge in [0.2, 0.25) is 15.9 Å². The highest BCUT2D eigenvalue weighted by Gasteiger charge is 2.23. The van der Waals surface area contributed by atoms with Crippen molar-refractivity contribution in [3.05, 3.63) is 24.0 Å². The lowest BCUT2D eigenvalue weighted by molar-refractivity contribution is -0.119. The van der Waals surface area contributed by atoms with Crippen LogP contribution >= 0.6 is 0 Å². The zero-order valence-corrected chi connectivity index (χ0v) is 10.8. The molecule has 1 aromatic rings. The molecule has 0 spiro atoms. The molecule has 1 unspecified atom stereocenters. The number of carbonyl (C=O) groups excluding carboxylic acids is 1. The highest BCUT2D eigenvalue weighted by Crippen LogP contribution is 2.16. The molecule has 1 heterocycles. The molecule has 0 radical (unpaired) electrons. The van der Waals surface area contributed by atoms with E-state index in [0.29, 0.717) is 12.8 Å². The van der Waals surface area contributed by atoms with Gasteiger partial charge in [-0.2, -0.15) is 0 Å². The van der Waals surface area contributed by atoms with Crippen LogP contribution in [0.3, 0.4) is 0 Å². The molecule has 1 aliphatic rings. The predicted molar refractivity (Wildman–Crippen MR) is 67.2 cm³/mol. The van der Waals surface area contributed by atoms with E-state index in [-0.39, 0.29) is 29.1 Å². The first-order valence-corrected chi connectivity index (χ1v) is 7.20.